The van der Waals surface area contributed by atoms with Crippen molar-refractivity contribution in [1.82, 2.24) is 31.9 Å². The first-order valence-corrected chi connectivity index (χ1v) is 15.4. The molecule has 0 saturated carbocycles. The molecule has 0 bridgehead atoms. The van der Waals surface area contributed by atoms with Gasteiger partial charge in [-0.05, 0) is 104 Å². The summed E-state index contributed by atoms with van der Waals surface area (Å²) in [4.78, 5) is 17.0. The van der Waals surface area contributed by atoms with Crippen molar-refractivity contribution in [2.75, 3.05) is 47.3 Å². The van der Waals surface area contributed by atoms with E-state index in [9.17, 15) is 15.0 Å². The van der Waals surface area contributed by atoms with E-state index in [2.05, 4.69) is 43.8 Å². The topological polar surface area (TPSA) is 168 Å². The molecule has 0 spiro atoms. The molecule has 0 fully saturated rings. The number of hydrogen-bond acceptors (Lipinski definition) is 9. The zero-order valence-corrected chi connectivity index (χ0v) is 26.6. The predicted molar refractivity (Wildman–Crippen MR) is 167 cm³/mol. The minimum Gasteiger partial charge on any atom is -0.391 e. The van der Waals surface area contributed by atoms with E-state index in [4.69, 9.17) is 5.73 Å². The Hall–Kier alpha value is -1.34. The van der Waals surface area contributed by atoms with Crippen molar-refractivity contribution in [2.45, 2.75) is 116 Å². The van der Waals surface area contributed by atoms with Gasteiger partial charge in [0.05, 0.1) is 30.2 Å². The first kappa shape index (κ1) is 38.7. The van der Waals surface area contributed by atoms with Crippen LogP contribution in [-0.2, 0) is 4.79 Å². The number of aliphatic imine (C=N–C) groups is 1. The molecule has 0 heterocycles. The predicted octanol–water partition coefficient (Wildman–Crippen LogP) is 0.863. The van der Waals surface area contributed by atoms with Crippen LogP contribution in [0, 0.1) is 11.8 Å². The third kappa shape index (κ3) is 20.5. The van der Waals surface area contributed by atoms with Gasteiger partial charge in [-0.3, -0.25) is 15.1 Å². The third-order valence-corrected chi connectivity index (χ3v) is 7.31. The molecule has 0 radical (unpaired) electrons. The van der Waals surface area contributed by atoms with E-state index < -0.39 is 24.4 Å². The zero-order valence-electron chi connectivity index (χ0n) is 26.6. The van der Waals surface area contributed by atoms with Gasteiger partial charge in [0.25, 0.3) is 0 Å². The summed E-state index contributed by atoms with van der Waals surface area (Å²) in [6, 6.07) is -0.988. The molecule has 0 aliphatic rings. The number of nitrogens with zero attached hydrogens (tertiary/aromatic N) is 1. The number of amidine groups is 1. The molecular weight excluding hydrogens is 508 g/mol. The highest BCUT2D eigenvalue weighted by molar-refractivity contribution is 5.81. The minimum atomic E-state index is -0.711. The maximum Gasteiger partial charge on any atom is 0.237 e. The van der Waals surface area contributed by atoms with E-state index in [1.165, 1.54) is 0 Å². The number of nitrogens with one attached hydrogen (secondary N) is 6. The summed E-state index contributed by atoms with van der Waals surface area (Å²) in [5.74, 6) is 1.13. The molecule has 0 aliphatic heterocycles. The van der Waals surface area contributed by atoms with Crippen molar-refractivity contribution in [1.29, 1.82) is 0 Å². The maximum absolute atomic E-state index is 12.9. The summed E-state index contributed by atoms with van der Waals surface area (Å²) in [7, 11) is 5.61. The van der Waals surface area contributed by atoms with Crippen molar-refractivity contribution in [2.24, 2.45) is 22.6 Å². The van der Waals surface area contributed by atoms with Crippen molar-refractivity contribution < 1.29 is 15.0 Å². The first-order chi connectivity index (χ1) is 19.0. The van der Waals surface area contributed by atoms with Crippen LogP contribution in [0.25, 0.3) is 0 Å². The standard InChI is InChI=1S/C29H64N8O3/c1-21(2)18-25(30)29(40)37-26(13-10-16-34-22(3)32-6)27(38)19-24(12-8-9-15-31-5)20-36-28(39)14-11-17-35-23(4)33-7/h21,23-28,31,33,35-36,38-39H,8-20,30H2,1-7H3,(H,32,34)(H,37,40). The summed E-state index contributed by atoms with van der Waals surface area (Å²) in [6.45, 7) is 11.2. The number of unbranched alkanes of at least 4 members (excludes halogenated alkanes) is 1. The van der Waals surface area contributed by atoms with Gasteiger partial charge in [-0.1, -0.05) is 20.3 Å². The van der Waals surface area contributed by atoms with Gasteiger partial charge in [0.2, 0.25) is 5.91 Å². The van der Waals surface area contributed by atoms with Crippen molar-refractivity contribution >= 4 is 11.7 Å². The number of hydrogen-bond donors (Lipinski definition) is 9. The minimum absolute atomic E-state index is 0.167. The Kier molecular flexibility index (Phi) is 23.5. The van der Waals surface area contributed by atoms with Crippen LogP contribution in [-0.4, -0.2) is 99.9 Å². The highest BCUT2D eigenvalue weighted by atomic mass is 16.3. The van der Waals surface area contributed by atoms with Crippen LogP contribution in [0.2, 0.25) is 0 Å². The molecule has 0 aromatic carbocycles. The van der Waals surface area contributed by atoms with Crippen LogP contribution < -0.4 is 37.6 Å². The molecule has 6 atom stereocenters. The number of carbonyl (C=O) groups is 1. The fourth-order valence-corrected chi connectivity index (χ4v) is 4.60. The average molecular weight is 573 g/mol. The number of nitrogens with two attached hydrogens (primary N) is 1. The maximum atomic E-state index is 12.9. The summed E-state index contributed by atoms with van der Waals surface area (Å²) in [5.41, 5.74) is 6.16. The molecule has 40 heavy (non-hydrogen) atoms. The van der Waals surface area contributed by atoms with Gasteiger partial charge in [0.15, 0.2) is 0 Å². The van der Waals surface area contributed by atoms with Gasteiger partial charge in [0, 0.05) is 20.1 Å². The summed E-state index contributed by atoms with van der Waals surface area (Å²) in [6.07, 6.45) is 5.99. The van der Waals surface area contributed by atoms with Crippen LogP contribution in [0.3, 0.4) is 0 Å². The van der Waals surface area contributed by atoms with Crippen LogP contribution in [0.5, 0.6) is 0 Å². The second kappa shape index (κ2) is 24.3. The molecule has 238 valence electrons. The third-order valence-electron chi connectivity index (χ3n) is 7.31. The summed E-state index contributed by atoms with van der Waals surface area (Å²) in [5, 5.41) is 41.1. The molecule has 6 unspecified atom stereocenters. The van der Waals surface area contributed by atoms with Crippen molar-refractivity contribution in [3.05, 3.63) is 0 Å². The Morgan fingerprint density at radius 3 is 2.23 bits per heavy atom. The molecule has 11 heteroatoms. The second-order valence-corrected chi connectivity index (χ2v) is 11.5. The van der Waals surface area contributed by atoms with Crippen LogP contribution in [0.15, 0.2) is 4.99 Å². The summed E-state index contributed by atoms with van der Waals surface area (Å²) < 4.78 is 0. The lowest BCUT2D eigenvalue weighted by Gasteiger charge is -2.29. The average Bonchev–Trinajstić information content (AvgIpc) is 2.92. The Labute approximate surface area is 244 Å². The molecule has 1 amide bonds. The largest absolute Gasteiger partial charge is 0.391 e. The van der Waals surface area contributed by atoms with E-state index in [1.807, 2.05) is 34.9 Å². The van der Waals surface area contributed by atoms with Gasteiger partial charge < -0.3 is 42.5 Å². The van der Waals surface area contributed by atoms with Gasteiger partial charge >= 0.3 is 0 Å². The zero-order chi connectivity index (χ0) is 30.3. The van der Waals surface area contributed by atoms with Gasteiger partial charge in [-0.25, -0.2) is 0 Å². The summed E-state index contributed by atoms with van der Waals surface area (Å²) >= 11 is 0. The Morgan fingerprint density at radius 2 is 1.60 bits per heavy atom. The van der Waals surface area contributed by atoms with E-state index in [0.717, 1.165) is 51.0 Å². The second-order valence-electron chi connectivity index (χ2n) is 11.5. The number of aliphatic hydroxyl groups is 2. The molecular formula is C29H64N8O3. The van der Waals surface area contributed by atoms with Crippen LogP contribution in [0.4, 0.5) is 0 Å². The highest BCUT2D eigenvalue weighted by Crippen LogP contribution is 2.19. The molecule has 0 saturated heterocycles. The van der Waals surface area contributed by atoms with Crippen LogP contribution in [0.1, 0.15) is 85.5 Å². The van der Waals surface area contributed by atoms with Gasteiger partial charge in [-0.2, -0.15) is 0 Å². The molecule has 0 aliphatic carbocycles. The highest BCUT2D eigenvalue weighted by Gasteiger charge is 2.27. The first-order valence-electron chi connectivity index (χ1n) is 15.4. The molecule has 11 nitrogen and oxygen atoms in total. The van der Waals surface area contributed by atoms with Crippen molar-refractivity contribution in [3.63, 3.8) is 0 Å². The SMILES string of the molecule is CN=C(C)NCCCC(NC(=O)C(N)CC(C)C)C(O)CC(CCCCNC)CNC(O)CCCNC(C)NC. The van der Waals surface area contributed by atoms with Gasteiger partial charge in [0.1, 0.15) is 6.23 Å². The fraction of sp³-hybridized carbons (Fsp3) is 0.931. The number of aliphatic hydroxyl groups excluding tert-OH is 2. The number of carbonyl (C=O) groups excluding carboxylic acids is 1. The number of rotatable bonds is 25. The van der Waals surface area contributed by atoms with Gasteiger partial charge in [-0.15, -0.1) is 0 Å². The van der Waals surface area contributed by atoms with E-state index in [0.29, 0.717) is 44.7 Å². The quantitative estimate of drug-likeness (QED) is 0.0333. The Balaban J connectivity index is 5.17. The molecule has 0 aromatic rings. The van der Waals surface area contributed by atoms with E-state index >= 15 is 0 Å². The molecule has 0 rings (SSSR count). The lowest BCUT2D eigenvalue weighted by Crippen LogP contribution is -2.51. The normalized spacial score (nSPS) is 16.8. The van der Waals surface area contributed by atoms with E-state index in [-0.39, 0.29) is 18.0 Å². The van der Waals surface area contributed by atoms with Crippen molar-refractivity contribution in [3.8, 4) is 0 Å². The lowest BCUT2D eigenvalue weighted by atomic mass is 9.90. The lowest BCUT2D eigenvalue weighted by molar-refractivity contribution is -0.124. The molecule has 0 aromatic heterocycles. The Bertz CT molecular complexity index is 653. The Morgan fingerprint density at radius 1 is 0.900 bits per heavy atom. The molecule has 10 N–H and O–H groups in total. The monoisotopic (exact) mass is 573 g/mol. The smallest absolute Gasteiger partial charge is 0.237 e. The van der Waals surface area contributed by atoms with Crippen LogP contribution >= 0.6 is 0 Å². The van der Waals surface area contributed by atoms with E-state index in [1.54, 1.807) is 7.05 Å². The number of amides is 1. The fourth-order valence-electron chi connectivity index (χ4n) is 4.60.